The molecule has 14 heavy (non-hydrogen) atoms. The summed E-state index contributed by atoms with van der Waals surface area (Å²) in [5.41, 5.74) is 11.4. The van der Waals surface area contributed by atoms with Crippen molar-refractivity contribution >= 4 is 28.5 Å². The Hall–Kier alpha value is -0.820. The summed E-state index contributed by atoms with van der Waals surface area (Å²) < 4.78 is 0.748. The van der Waals surface area contributed by atoms with Gasteiger partial charge >= 0.3 is 0 Å². The zero-order valence-corrected chi connectivity index (χ0v) is 9.56. The van der Waals surface area contributed by atoms with Gasteiger partial charge in [-0.05, 0) is 40.3 Å². The zero-order chi connectivity index (χ0) is 10.7. The van der Waals surface area contributed by atoms with Gasteiger partial charge in [-0.3, -0.25) is 4.79 Å². The Morgan fingerprint density at radius 3 is 2.71 bits per heavy atom. The van der Waals surface area contributed by atoms with E-state index in [9.17, 15) is 9.90 Å². The second-order valence-electron chi connectivity index (χ2n) is 2.99. The fourth-order valence-corrected chi connectivity index (χ4v) is 1.43. The maximum Gasteiger partial charge on any atom is 0.219 e. The highest BCUT2D eigenvalue weighted by molar-refractivity contribution is 14.1. The van der Waals surface area contributed by atoms with Gasteiger partial charge in [-0.2, -0.15) is 0 Å². The van der Waals surface area contributed by atoms with Crippen LogP contribution in [-0.4, -0.2) is 11.0 Å². The molecule has 1 aromatic carbocycles. The molecule has 0 aromatic heterocycles. The van der Waals surface area contributed by atoms with Gasteiger partial charge in [-0.25, -0.2) is 0 Å². The summed E-state index contributed by atoms with van der Waals surface area (Å²) in [6.07, 6.45) is 0.0834. The van der Waals surface area contributed by atoms with Crippen LogP contribution in [-0.2, 0) is 4.79 Å². The van der Waals surface area contributed by atoms with Crippen LogP contribution in [0.2, 0.25) is 0 Å². The minimum absolute atomic E-state index is 0.0834. The normalized spacial score (nSPS) is 12.4. The first-order valence-corrected chi connectivity index (χ1v) is 5.11. The number of phenolic OH excluding ortho intramolecular Hbond substituents is 1. The number of nitrogens with two attached hydrogens (primary N) is 2. The molecule has 0 saturated heterocycles. The second-order valence-corrected chi connectivity index (χ2v) is 4.15. The highest BCUT2D eigenvalue weighted by Gasteiger charge is 2.10. The van der Waals surface area contributed by atoms with Gasteiger partial charge in [-0.15, -0.1) is 0 Å². The molecular weight excluding hydrogens is 295 g/mol. The first kappa shape index (κ1) is 11.3. The van der Waals surface area contributed by atoms with Crippen LogP contribution in [0.3, 0.4) is 0 Å². The summed E-state index contributed by atoms with van der Waals surface area (Å²) in [5, 5.41) is 9.40. The van der Waals surface area contributed by atoms with E-state index in [1.54, 1.807) is 18.2 Å². The maximum absolute atomic E-state index is 10.6. The Balaban J connectivity index is 2.85. The molecular formula is C9H11IN2O2. The van der Waals surface area contributed by atoms with Crippen molar-refractivity contribution in [2.45, 2.75) is 12.5 Å². The smallest absolute Gasteiger partial charge is 0.219 e. The average Bonchev–Trinajstić information content (AvgIpc) is 2.08. The van der Waals surface area contributed by atoms with Crippen molar-refractivity contribution in [3.63, 3.8) is 0 Å². The monoisotopic (exact) mass is 306 g/mol. The van der Waals surface area contributed by atoms with E-state index in [0.29, 0.717) is 5.56 Å². The van der Waals surface area contributed by atoms with Gasteiger partial charge in [-0.1, -0.05) is 6.07 Å². The van der Waals surface area contributed by atoms with E-state index >= 15 is 0 Å². The standard InChI is InChI=1S/C9H11IN2O2/c10-6-2-1-5(3-8(6)13)7(11)4-9(12)14/h1-3,7,13H,4,11H2,(H2,12,14). The SMILES string of the molecule is NC(=O)CC(N)c1ccc(I)c(O)c1. The lowest BCUT2D eigenvalue weighted by Gasteiger charge is -2.10. The third-order valence-corrected chi connectivity index (χ3v) is 2.73. The van der Waals surface area contributed by atoms with Gasteiger partial charge in [0.15, 0.2) is 0 Å². The van der Waals surface area contributed by atoms with E-state index in [1.807, 2.05) is 22.6 Å². The molecule has 0 spiro atoms. The lowest BCUT2D eigenvalue weighted by atomic mass is 10.0. The number of halogens is 1. The summed E-state index contributed by atoms with van der Waals surface area (Å²) >= 11 is 2.01. The summed E-state index contributed by atoms with van der Waals surface area (Å²) in [7, 11) is 0. The zero-order valence-electron chi connectivity index (χ0n) is 7.40. The predicted molar refractivity (Wildman–Crippen MR) is 61.6 cm³/mol. The van der Waals surface area contributed by atoms with Crippen LogP contribution in [0.5, 0.6) is 5.75 Å². The molecule has 0 aliphatic heterocycles. The summed E-state index contributed by atoms with van der Waals surface area (Å²) in [5.74, 6) is -0.279. The van der Waals surface area contributed by atoms with Crippen LogP contribution in [0.4, 0.5) is 0 Å². The molecule has 0 fully saturated rings. The van der Waals surface area contributed by atoms with E-state index in [4.69, 9.17) is 11.5 Å². The van der Waals surface area contributed by atoms with Gasteiger partial charge in [0.2, 0.25) is 5.91 Å². The van der Waals surface area contributed by atoms with Crippen molar-refractivity contribution in [3.05, 3.63) is 27.3 Å². The number of hydrogen-bond acceptors (Lipinski definition) is 3. The van der Waals surface area contributed by atoms with Crippen LogP contribution in [0.1, 0.15) is 18.0 Å². The molecule has 1 rings (SSSR count). The van der Waals surface area contributed by atoms with E-state index in [0.717, 1.165) is 3.57 Å². The Labute approximate surface area is 95.4 Å². The number of phenols is 1. The van der Waals surface area contributed by atoms with Crippen LogP contribution in [0.25, 0.3) is 0 Å². The van der Waals surface area contributed by atoms with Gasteiger partial charge in [0.1, 0.15) is 5.75 Å². The molecule has 1 unspecified atom stereocenters. The molecule has 1 atom stereocenters. The van der Waals surface area contributed by atoms with Crippen molar-refractivity contribution in [1.29, 1.82) is 0 Å². The van der Waals surface area contributed by atoms with Gasteiger partial charge < -0.3 is 16.6 Å². The third-order valence-electron chi connectivity index (χ3n) is 1.82. The topological polar surface area (TPSA) is 89.3 Å². The van der Waals surface area contributed by atoms with Gasteiger partial charge in [0.25, 0.3) is 0 Å². The van der Waals surface area contributed by atoms with Gasteiger partial charge in [0.05, 0.1) is 3.57 Å². The number of hydrogen-bond donors (Lipinski definition) is 3. The molecule has 0 aliphatic carbocycles. The van der Waals surface area contributed by atoms with Crippen LogP contribution in [0.15, 0.2) is 18.2 Å². The molecule has 76 valence electrons. The Kier molecular flexibility index (Phi) is 3.70. The lowest BCUT2D eigenvalue weighted by Crippen LogP contribution is -2.20. The lowest BCUT2D eigenvalue weighted by molar-refractivity contribution is -0.118. The molecule has 1 aromatic rings. The number of aromatic hydroxyl groups is 1. The summed E-state index contributed by atoms with van der Waals surface area (Å²) in [6.45, 7) is 0. The van der Waals surface area contributed by atoms with Crippen molar-refractivity contribution in [3.8, 4) is 5.75 Å². The largest absolute Gasteiger partial charge is 0.507 e. The van der Waals surface area contributed by atoms with Crippen LogP contribution in [0, 0.1) is 3.57 Å². The molecule has 4 nitrogen and oxygen atoms in total. The van der Waals surface area contributed by atoms with E-state index in [1.165, 1.54) is 0 Å². The number of benzene rings is 1. The number of carbonyl (C=O) groups is 1. The van der Waals surface area contributed by atoms with Crippen molar-refractivity contribution in [2.24, 2.45) is 11.5 Å². The number of carbonyl (C=O) groups excluding carboxylic acids is 1. The van der Waals surface area contributed by atoms with Crippen molar-refractivity contribution < 1.29 is 9.90 Å². The van der Waals surface area contributed by atoms with E-state index < -0.39 is 11.9 Å². The van der Waals surface area contributed by atoms with Gasteiger partial charge in [0, 0.05) is 12.5 Å². The maximum atomic E-state index is 10.6. The van der Waals surface area contributed by atoms with Crippen molar-refractivity contribution in [2.75, 3.05) is 0 Å². The van der Waals surface area contributed by atoms with E-state index in [-0.39, 0.29) is 12.2 Å². The molecule has 0 saturated carbocycles. The number of primary amides is 1. The van der Waals surface area contributed by atoms with Crippen LogP contribution < -0.4 is 11.5 Å². The molecule has 0 radical (unpaired) electrons. The minimum Gasteiger partial charge on any atom is -0.507 e. The fourth-order valence-electron chi connectivity index (χ4n) is 1.09. The Morgan fingerprint density at radius 2 is 2.21 bits per heavy atom. The molecule has 1 amide bonds. The van der Waals surface area contributed by atoms with Crippen LogP contribution >= 0.6 is 22.6 Å². The first-order valence-electron chi connectivity index (χ1n) is 4.03. The minimum atomic E-state index is -0.449. The fraction of sp³-hybridized carbons (Fsp3) is 0.222. The highest BCUT2D eigenvalue weighted by Crippen LogP contribution is 2.24. The Morgan fingerprint density at radius 1 is 1.57 bits per heavy atom. The second kappa shape index (κ2) is 4.61. The predicted octanol–water partition coefficient (Wildman–Crippen LogP) is 0.872. The molecule has 0 bridgehead atoms. The summed E-state index contributed by atoms with van der Waals surface area (Å²) in [4.78, 5) is 10.6. The third kappa shape index (κ3) is 2.85. The molecule has 0 aliphatic rings. The first-order chi connectivity index (χ1) is 6.50. The number of amides is 1. The Bertz CT molecular complexity index is 355. The average molecular weight is 306 g/mol. The molecule has 5 heteroatoms. The molecule has 5 N–H and O–H groups in total. The van der Waals surface area contributed by atoms with E-state index in [2.05, 4.69) is 0 Å². The molecule has 0 heterocycles. The summed E-state index contributed by atoms with van der Waals surface area (Å²) in [6, 6.07) is 4.62. The quantitative estimate of drug-likeness (QED) is 0.724. The van der Waals surface area contributed by atoms with Crippen molar-refractivity contribution in [1.82, 2.24) is 0 Å². The highest BCUT2D eigenvalue weighted by atomic mass is 127. The number of rotatable bonds is 3.